The number of aromatic nitrogens is 1. The van der Waals surface area contributed by atoms with Crippen LogP contribution in [0.4, 0.5) is 5.82 Å². The molecule has 1 aromatic rings. The molecule has 3 nitrogen and oxygen atoms in total. The minimum absolute atomic E-state index is 0.0628. The average Bonchev–Trinajstić information content (AvgIpc) is 2.34. The number of halogens is 2. The zero-order valence-electron chi connectivity index (χ0n) is 10.2. The number of carbonyl (C=O) groups is 1. The number of anilines is 1. The van der Waals surface area contributed by atoms with Crippen LogP contribution in [0.15, 0.2) is 16.7 Å². The van der Waals surface area contributed by atoms with E-state index in [0.717, 1.165) is 36.1 Å². The Balaban J connectivity index is 1.96. The van der Waals surface area contributed by atoms with Crippen LogP contribution in [0.3, 0.4) is 0 Å². The van der Waals surface area contributed by atoms with Gasteiger partial charge < -0.3 is 5.32 Å². The lowest BCUT2D eigenvalue weighted by atomic mass is 9.82. The molecule has 0 radical (unpaired) electrons. The van der Waals surface area contributed by atoms with E-state index in [4.69, 9.17) is 11.6 Å². The predicted molar refractivity (Wildman–Crippen MR) is 76.7 cm³/mol. The molecule has 5 heteroatoms. The molecule has 2 rings (SSSR count). The van der Waals surface area contributed by atoms with E-state index in [-0.39, 0.29) is 11.8 Å². The monoisotopic (exact) mass is 330 g/mol. The van der Waals surface area contributed by atoms with Gasteiger partial charge in [0, 0.05) is 18.2 Å². The molecule has 18 heavy (non-hydrogen) atoms. The van der Waals surface area contributed by atoms with Crippen molar-refractivity contribution >= 4 is 39.3 Å². The summed E-state index contributed by atoms with van der Waals surface area (Å²) in [4.78, 5) is 16.2. The fraction of sp³-hybridized carbons (Fsp3) is 0.538. The van der Waals surface area contributed by atoms with Gasteiger partial charge in [0.1, 0.15) is 5.82 Å². The number of hydrogen-bond donors (Lipinski definition) is 1. The van der Waals surface area contributed by atoms with E-state index in [0.29, 0.717) is 10.8 Å². The van der Waals surface area contributed by atoms with Gasteiger partial charge in [-0.3, -0.25) is 4.79 Å². The third-order valence-electron chi connectivity index (χ3n) is 3.45. The van der Waals surface area contributed by atoms with Crippen molar-refractivity contribution in [1.29, 1.82) is 0 Å². The molecular formula is C13H16BrClN2O. The van der Waals surface area contributed by atoms with Gasteiger partial charge in [0.05, 0.1) is 9.50 Å². The van der Waals surface area contributed by atoms with Gasteiger partial charge in [-0.1, -0.05) is 18.5 Å². The van der Waals surface area contributed by atoms with Crippen molar-refractivity contribution < 1.29 is 4.79 Å². The van der Waals surface area contributed by atoms with Crippen LogP contribution in [0.2, 0.25) is 5.02 Å². The molecule has 98 valence electrons. The van der Waals surface area contributed by atoms with E-state index in [9.17, 15) is 4.79 Å². The summed E-state index contributed by atoms with van der Waals surface area (Å²) >= 11 is 9.24. The standard InChI is InChI=1S/C13H16BrClN2O/c1-8-2-4-9(5-3-8)13(18)17-12-6-11(15)10(14)7-16-12/h6-9H,2-5H2,1H3,(H,16,17,18). The normalized spacial score (nSPS) is 23.7. The lowest BCUT2D eigenvalue weighted by Crippen LogP contribution is -2.26. The number of nitrogens with zero attached hydrogens (tertiary/aromatic N) is 1. The van der Waals surface area contributed by atoms with Crippen molar-refractivity contribution in [1.82, 2.24) is 4.98 Å². The Labute approximate surface area is 120 Å². The Morgan fingerprint density at radius 3 is 2.72 bits per heavy atom. The highest BCUT2D eigenvalue weighted by molar-refractivity contribution is 9.10. The number of hydrogen-bond acceptors (Lipinski definition) is 2. The molecule has 1 aromatic heterocycles. The summed E-state index contributed by atoms with van der Waals surface area (Å²) in [5.41, 5.74) is 0. The molecule has 0 unspecified atom stereocenters. The zero-order valence-corrected chi connectivity index (χ0v) is 12.6. The van der Waals surface area contributed by atoms with E-state index in [2.05, 4.69) is 33.2 Å². The van der Waals surface area contributed by atoms with E-state index < -0.39 is 0 Å². The number of nitrogens with one attached hydrogen (secondary N) is 1. The second-order valence-electron chi connectivity index (χ2n) is 4.93. The topological polar surface area (TPSA) is 42.0 Å². The van der Waals surface area contributed by atoms with E-state index >= 15 is 0 Å². The Morgan fingerprint density at radius 1 is 1.44 bits per heavy atom. The highest BCUT2D eigenvalue weighted by Crippen LogP contribution is 2.29. The van der Waals surface area contributed by atoms with Crippen molar-refractivity contribution in [2.24, 2.45) is 11.8 Å². The molecule has 1 N–H and O–H groups in total. The van der Waals surface area contributed by atoms with Crippen LogP contribution < -0.4 is 5.32 Å². The first-order valence-electron chi connectivity index (χ1n) is 6.18. The molecule has 0 aliphatic heterocycles. The van der Waals surface area contributed by atoms with Crippen LogP contribution in [0.25, 0.3) is 0 Å². The van der Waals surface area contributed by atoms with Crippen LogP contribution in [-0.4, -0.2) is 10.9 Å². The summed E-state index contributed by atoms with van der Waals surface area (Å²) in [7, 11) is 0. The largest absolute Gasteiger partial charge is 0.310 e. The molecule has 1 heterocycles. The van der Waals surface area contributed by atoms with Gasteiger partial charge in [0.15, 0.2) is 0 Å². The summed E-state index contributed by atoms with van der Waals surface area (Å²) in [6.45, 7) is 2.24. The predicted octanol–water partition coefficient (Wildman–Crippen LogP) is 4.26. The van der Waals surface area contributed by atoms with Gasteiger partial charge in [-0.25, -0.2) is 4.98 Å². The highest BCUT2D eigenvalue weighted by Gasteiger charge is 2.24. The molecular weight excluding hydrogens is 316 g/mol. The molecule has 0 saturated heterocycles. The number of amides is 1. The third-order valence-corrected chi connectivity index (χ3v) is 4.62. The maximum absolute atomic E-state index is 12.1. The van der Waals surface area contributed by atoms with Crippen LogP contribution >= 0.6 is 27.5 Å². The summed E-state index contributed by atoms with van der Waals surface area (Å²) in [6, 6.07) is 1.66. The van der Waals surface area contributed by atoms with Crippen molar-refractivity contribution in [3.8, 4) is 0 Å². The first kappa shape index (κ1) is 13.8. The minimum Gasteiger partial charge on any atom is -0.310 e. The molecule has 1 amide bonds. The zero-order chi connectivity index (χ0) is 13.1. The van der Waals surface area contributed by atoms with Crippen LogP contribution in [-0.2, 0) is 4.79 Å². The van der Waals surface area contributed by atoms with E-state index in [1.807, 2.05) is 0 Å². The molecule has 0 spiro atoms. The minimum atomic E-state index is 0.0628. The summed E-state index contributed by atoms with van der Waals surface area (Å²) in [5.74, 6) is 1.44. The van der Waals surface area contributed by atoms with Crippen molar-refractivity contribution in [2.75, 3.05) is 5.32 Å². The van der Waals surface area contributed by atoms with Gasteiger partial charge >= 0.3 is 0 Å². The maximum atomic E-state index is 12.1. The first-order valence-corrected chi connectivity index (χ1v) is 7.35. The fourth-order valence-corrected chi connectivity index (χ4v) is 2.60. The molecule has 1 aliphatic carbocycles. The first-order chi connectivity index (χ1) is 8.56. The second-order valence-corrected chi connectivity index (χ2v) is 6.19. The Hall–Kier alpha value is -0.610. The Kier molecular flexibility index (Phi) is 4.62. The van der Waals surface area contributed by atoms with Gasteiger partial charge in [-0.05, 0) is 47.5 Å². The lowest BCUT2D eigenvalue weighted by Gasteiger charge is -2.25. The van der Waals surface area contributed by atoms with Crippen molar-refractivity contribution in [3.05, 3.63) is 21.8 Å². The Morgan fingerprint density at radius 2 is 2.11 bits per heavy atom. The van der Waals surface area contributed by atoms with E-state index in [1.165, 1.54) is 0 Å². The third kappa shape index (κ3) is 3.45. The SMILES string of the molecule is CC1CCC(C(=O)Nc2cc(Cl)c(Br)cn2)CC1. The van der Waals surface area contributed by atoms with Crippen LogP contribution in [0, 0.1) is 11.8 Å². The summed E-state index contributed by atoms with van der Waals surface area (Å²) in [6.07, 6.45) is 5.80. The molecule has 1 fully saturated rings. The molecule has 1 aliphatic rings. The van der Waals surface area contributed by atoms with Gasteiger partial charge in [0.25, 0.3) is 0 Å². The van der Waals surface area contributed by atoms with Crippen molar-refractivity contribution in [2.45, 2.75) is 32.6 Å². The number of rotatable bonds is 2. The number of pyridine rings is 1. The quantitative estimate of drug-likeness (QED) is 0.879. The average molecular weight is 332 g/mol. The van der Waals surface area contributed by atoms with Gasteiger partial charge in [-0.15, -0.1) is 0 Å². The molecule has 0 bridgehead atoms. The molecule has 1 saturated carbocycles. The van der Waals surface area contributed by atoms with Gasteiger partial charge in [-0.2, -0.15) is 0 Å². The molecule has 0 aromatic carbocycles. The van der Waals surface area contributed by atoms with Gasteiger partial charge in [0.2, 0.25) is 5.91 Å². The van der Waals surface area contributed by atoms with Crippen LogP contribution in [0.1, 0.15) is 32.6 Å². The highest BCUT2D eigenvalue weighted by atomic mass is 79.9. The van der Waals surface area contributed by atoms with Crippen molar-refractivity contribution in [3.63, 3.8) is 0 Å². The lowest BCUT2D eigenvalue weighted by molar-refractivity contribution is -0.121. The number of carbonyl (C=O) groups excluding carboxylic acids is 1. The second kappa shape index (κ2) is 6.02. The molecule has 0 atom stereocenters. The Bertz CT molecular complexity index is 445. The fourth-order valence-electron chi connectivity index (χ4n) is 2.23. The summed E-state index contributed by atoms with van der Waals surface area (Å²) < 4.78 is 0.730. The smallest absolute Gasteiger partial charge is 0.228 e. The van der Waals surface area contributed by atoms with E-state index in [1.54, 1.807) is 12.3 Å². The summed E-state index contributed by atoms with van der Waals surface area (Å²) in [5, 5.41) is 3.39. The van der Waals surface area contributed by atoms with Crippen LogP contribution in [0.5, 0.6) is 0 Å². The maximum Gasteiger partial charge on any atom is 0.228 e.